The van der Waals surface area contributed by atoms with Crippen molar-refractivity contribution in [3.05, 3.63) is 63.4 Å². The molecule has 1 nitrogen and oxygen atoms in total. The average Bonchev–Trinajstić information content (AvgIpc) is 3.31. The Kier molecular flexibility index (Phi) is 12.6. The number of ketones is 1. The van der Waals surface area contributed by atoms with Crippen molar-refractivity contribution >= 4 is 39.8 Å². The zero-order valence-electron chi connectivity index (χ0n) is 22.8. The Morgan fingerprint density at radius 1 is 0.886 bits per heavy atom. The summed E-state index contributed by atoms with van der Waals surface area (Å²) >= 11 is 7.42. The van der Waals surface area contributed by atoms with Gasteiger partial charge in [0, 0.05) is 11.3 Å². The predicted octanol–water partition coefficient (Wildman–Crippen LogP) is 10.5. The summed E-state index contributed by atoms with van der Waals surface area (Å²) in [6, 6.07) is 10.8. The molecule has 0 saturated carbocycles. The van der Waals surface area contributed by atoms with Crippen LogP contribution in [0.3, 0.4) is 0 Å². The summed E-state index contributed by atoms with van der Waals surface area (Å²) in [6.45, 7) is 14.9. The summed E-state index contributed by atoms with van der Waals surface area (Å²) in [4.78, 5) is 16.0. The van der Waals surface area contributed by atoms with Crippen LogP contribution in [0, 0.1) is 19.3 Å². The lowest BCUT2D eigenvalue weighted by atomic mass is 9.71. The number of carbonyl (C=O) groups excluding carboxylic acids is 1. The molecule has 0 bridgehead atoms. The highest BCUT2D eigenvalue weighted by Crippen LogP contribution is 2.40. The maximum Gasteiger partial charge on any atom is 0.172 e. The lowest BCUT2D eigenvalue weighted by Crippen LogP contribution is -2.22. The van der Waals surface area contributed by atoms with E-state index in [1.165, 1.54) is 53.7 Å². The van der Waals surface area contributed by atoms with Crippen LogP contribution in [0.5, 0.6) is 0 Å². The Hall–Kier alpha value is -1.58. The highest BCUT2D eigenvalue weighted by Gasteiger charge is 2.28. The molecule has 2 rings (SSSR count). The number of Topliss-reactive ketones (excluding diaryl/α,β-unsaturated/α-hetero) is 1. The predicted molar refractivity (Wildman–Crippen MR) is 160 cm³/mol. The van der Waals surface area contributed by atoms with Crippen LogP contribution in [0.25, 0.3) is 5.57 Å². The third kappa shape index (κ3) is 9.77. The molecule has 0 fully saturated rings. The molecule has 0 N–H and O–H groups in total. The number of rotatable bonds is 17. The fraction of sp³-hybridized carbons (Fsp3) is 0.562. The van der Waals surface area contributed by atoms with E-state index in [4.69, 9.17) is 12.2 Å². The summed E-state index contributed by atoms with van der Waals surface area (Å²) in [6.07, 6.45) is 13.1. The fourth-order valence-electron chi connectivity index (χ4n) is 5.25. The Labute approximate surface area is 224 Å². The van der Waals surface area contributed by atoms with E-state index in [0.717, 1.165) is 53.9 Å². The van der Waals surface area contributed by atoms with Crippen LogP contribution in [0.1, 0.15) is 123 Å². The first-order valence-corrected chi connectivity index (χ1v) is 14.8. The number of thiophene rings is 1. The van der Waals surface area contributed by atoms with Gasteiger partial charge in [-0.3, -0.25) is 4.79 Å². The molecule has 0 spiro atoms. The monoisotopic (exact) mass is 510 g/mol. The number of aryl methyl sites for hydroxylation is 3. The molecule has 1 aromatic carbocycles. The molecule has 0 aliphatic rings. The number of hydrogen-bond donors (Lipinski definition) is 0. The maximum absolute atomic E-state index is 12.8. The van der Waals surface area contributed by atoms with Crippen molar-refractivity contribution in [1.82, 2.24) is 0 Å². The normalized spacial score (nSPS) is 11.6. The van der Waals surface area contributed by atoms with Crippen molar-refractivity contribution < 1.29 is 4.79 Å². The third-order valence-corrected chi connectivity index (χ3v) is 9.10. The molecule has 35 heavy (non-hydrogen) atoms. The minimum atomic E-state index is 0.284. The van der Waals surface area contributed by atoms with Crippen LogP contribution in [0.15, 0.2) is 36.9 Å². The third-order valence-electron chi connectivity index (χ3n) is 7.40. The molecule has 3 heteroatoms. The minimum Gasteiger partial charge on any atom is -0.293 e. The smallest absolute Gasteiger partial charge is 0.172 e. The summed E-state index contributed by atoms with van der Waals surface area (Å²) in [7, 11) is 0. The molecule has 1 aromatic heterocycles. The van der Waals surface area contributed by atoms with Crippen LogP contribution in [-0.2, 0) is 6.42 Å². The lowest BCUT2D eigenvalue weighted by molar-refractivity contribution is 0.0972. The summed E-state index contributed by atoms with van der Waals surface area (Å²) in [5, 5.41) is 0. The topological polar surface area (TPSA) is 17.1 Å². The second-order valence-electron chi connectivity index (χ2n) is 10.5. The van der Waals surface area contributed by atoms with Gasteiger partial charge in [0.1, 0.15) is 0 Å². The second kappa shape index (κ2) is 14.9. The van der Waals surface area contributed by atoms with Gasteiger partial charge in [0.15, 0.2) is 5.78 Å². The Morgan fingerprint density at radius 2 is 1.57 bits per heavy atom. The Bertz CT molecular complexity index is 975. The quantitative estimate of drug-likeness (QED) is 0.155. The number of allylic oxidation sites excluding steroid dienone is 1. The first kappa shape index (κ1) is 29.6. The van der Waals surface area contributed by atoms with Gasteiger partial charge >= 0.3 is 0 Å². The van der Waals surface area contributed by atoms with Gasteiger partial charge in [-0.15, -0.1) is 11.3 Å². The van der Waals surface area contributed by atoms with E-state index in [1.54, 1.807) is 11.3 Å². The second-order valence-corrected chi connectivity index (χ2v) is 12.2. The number of thiocarbonyl (C=S) groups is 1. The summed E-state index contributed by atoms with van der Waals surface area (Å²) in [5.41, 5.74) is 5.51. The Morgan fingerprint density at radius 3 is 2.17 bits per heavy atom. The molecule has 0 aliphatic heterocycles. The number of carbonyl (C=O) groups is 1. The van der Waals surface area contributed by atoms with E-state index in [2.05, 4.69) is 52.5 Å². The van der Waals surface area contributed by atoms with E-state index in [1.807, 2.05) is 19.1 Å². The molecule has 0 radical (unpaired) electrons. The maximum atomic E-state index is 12.8. The SMILES string of the molecule is C=C(C)c1ccc(C(=O)CCCC(CCC)(CCC)CCC(=S)CCCc2ccc(C)c(C)c2)s1. The molecular formula is C32H46OS2. The van der Waals surface area contributed by atoms with Crippen molar-refractivity contribution in [2.75, 3.05) is 0 Å². The lowest BCUT2D eigenvalue weighted by Gasteiger charge is -2.34. The van der Waals surface area contributed by atoms with Gasteiger partial charge in [0.05, 0.1) is 4.88 Å². The van der Waals surface area contributed by atoms with E-state index >= 15 is 0 Å². The molecule has 192 valence electrons. The number of benzene rings is 1. The first-order valence-electron chi connectivity index (χ1n) is 13.6. The molecule has 0 amide bonds. The molecule has 0 aliphatic carbocycles. The van der Waals surface area contributed by atoms with E-state index < -0.39 is 0 Å². The largest absolute Gasteiger partial charge is 0.293 e. The van der Waals surface area contributed by atoms with Crippen LogP contribution < -0.4 is 0 Å². The van der Waals surface area contributed by atoms with Crippen LogP contribution in [0.2, 0.25) is 0 Å². The molecule has 0 atom stereocenters. The van der Waals surface area contributed by atoms with Crippen molar-refractivity contribution in [3.8, 4) is 0 Å². The zero-order valence-corrected chi connectivity index (χ0v) is 24.4. The standard InChI is InChI=1S/C32H46OS2/c1-7-19-32(20-8-2,21-10-13-29(33)31-17-16-30(35-31)24(3)4)22-18-28(34)12-9-11-27-15-14-25(5)26(6)23-27/h14-17,23H,3,7-13,18-22H2,1-2,4-6H3. The van der Waals surface area contributed by atoms with Crippen LogP contribution in [-0.4, -0.2) is 10.6 Å². The fourth-order valence-corrected chi connectivity index (χ4v) is 6.40. The van der Waals surface area contributed by atoms with Gasteiger partial charge in [-0.05, 0) is 123 Å². The molecule has 0 unspecified atom stereocenters. The van der Waals surface area contributed by atoms with E-state index in [0.29, 0.717) is 11.8 Å². The highest BCUT2D eigenvalue weighted by molar-refractivity contribution is 7.80. The summed E-state index contributed by atoms with van der Waals surface area (Å²) < 4.78 is 0. The highest BCUT2D eigenvalue weighted by atomic mass is 32.1. The summed E-state index contributed by atoms with van der Waals surface area (Å²) in [5.74, 6) is 0.284. The van der Waals surface area contributed by atoms with Crippen LogP contribution >= 0.6 is 23.6 Å². The van der Waals surface area contributed by atoms with Crippen molar-refractivity contribution in [3.63, 3.8) is 0 Å². The van der Waals surface area contributed by atoms with Crippen LogP contribution in [0.4, 0.5) is 0 Å². The van der Waals surface area contributed by atoms with Crippen molar-refractivity contribution in [2.45, 2.75) is 112 Å². The van der Waals surface area contributed by atoms with E-state index in [-0.39, 0.29) is 5.78 Å². The van der Waals surface area contributed by atoms with Gasteiger partial charge in [-0.2, -0.15) is 0 Å². The van der Waals surface area contributed by atoms with Crippen molar-refractivity contribution in [2.24, 2.45) is 5.41 Å². The van der Waals surface area contributed by atoms with Gasteiger partial charge in [0.2, 0.25) is 0 Å². The average molecular weight is 511 g/mol. The Balaban J connectivity index is 1.86. The molecule has 1 heterocycles. The van der Waals surface area contributed by atoms with Gasteiger partial charge < -0.3 is 0 Å². The zero-order chi connectivity index (χ0) is 25.8. The number of hydrogen-bond acceptors (Lipinski definition) is 3. The molecule has 2 aromatic rings. The molecular weight excluding hydrogens is 464 g/mol. The van der Waals surface area contributed by atoms with E-state index in [9.17, 15) is 4.79 Å². The van der Waals surface area contributed by atoms with Gasteiger partial charge in [-0.25, -0.2) is 0 Å². The van der Waals surface area contributed by atoms with Gasteiger partial charge in [0.25, 0.3) is 0 Å². The minimum absolute atomic E-state index is 0.284. The first-order chi connectivity index (χ1) is 16.7. The molecule has 0 saturated heterocycles. The van der Waals surface area contributed by atoms with Gasteiger partial charge in [-0.1, -0.05) is 63.7 Å². The van der Waals surface area contributed by atoms with Crippen molar-refractivity contribution in [1.29, 1.82) is 0 Å².